The van der Waals surface area contributed by atoms with Crippen molar-refractivity contribution in [3.05, 3.63) is 29.5 Å². The summed E-state index contributed by atoms with van der Waals surface area (Å²) in [5.74, 6) is 0. The average molecular weight is 157 g/mol. The number of fused-ring (bicyclic) bond motifs is 1. The quantitative estimate of drug-likeness (QED) is 0.633. The molecule has 1 aromatic carbocycles. The van der Waals surface area contributed by atoms with E-state index < -0.39 is 0 Å². The second-order valence-corrected chi connectivity index (χ2v) is 2.76. The Hall–Kier alpha value is -1.82. The number of hydrogen-bond donors (Lipinski definition) is 1. The Kier molecular flexibility index (Phi) is 1.34. The third kappa shape index (κ3) is 0.857. The molecular formula is C9H7N3. The summed E-state index contributed by atoms with van der Waals surface area (Å²) < 4.78 is 0. The van der Waals surface area contributed by atoms with Gasteiger partial charge in [-0.2, -0.15) is 10.4 Å². The van der Waals surface area contributed by atoms with E-state index in [1.807, 2.05) is 19.1 Å². The van der Waals surface area contributed by atoms with E-state index >= 15 is 0 Å². The van der Waals surface area contributed by atoms with E-state index in [1.165, 1.54) is 0 Å². The molecule has 1 N–H and O–H groups in total. The van der Waals surface area contributed by atoms with Crippen molar-refractivity contribution in [1.82, 2.24) is 10.2 Å². The Morgan fingerprint density at radius 2 is 2.33 bits per heavy atom. The highest BCUT2D eigenvalue weighted by Crippen LogP contribution is 2.17. The van der Waals surface area contributed by atoms with Gasteiger partial charge in [-0.25, -0.2) is 0 Å². The maximum absolute atomic E-state index is 8.79. The monoisotopic (exact) mass is 157 g/mol. The molecule has 0 radical (unpaired) electrons. The standard InChI is InChI=1S/C9H7N3/c1-6-2-7(4-10)8-5-11-12-9(8)3-6/h2-3,5H,1H3,(H,11,12). The summed E-state index contributed by atoms with van der Waals surface area (Å²) in [6.45, 7) is 1.96. The maximum Gasteiger partial charge on any atom is 0.0999 e. The van der Waals surface area contributed by atoms with Crippen molar-refractivity contribution in [1.29, 1.82) is 5.26 Å². The minimum Gasteiger partial charge on any atom is -0.278 e. The lowest BCUT2D eigenvalue weighted by molar-refractivity contribution is 1.12. The second-order valence-electron chi connectivity index (χ2n) is 2.76. The van der Waals surface area contributed by atoms with Gasteiger partial charge in [0.1, 0.15) is 0 Å². The van der Waals surface area contributed by atoms with Crippen LogP contribution in [0.15, 0.2) is 18.3 Å². The lowest BCUT2D eigenvalue weighted by atomic mass is 10.1. The molecule has 0 saturated carbocycles. The third-order valence-electron chi connectivity index (χ3n) is 1.82. The fourth-order valence-corrected chi connectivity index (χ4v) is 1.29. The molecule has 0 aliphatic carbocycles. The molecule has 0 atom stereocenters. The molecule has 0 unspecified atom stereocenters. The number of nitriles is 1. The van der Waals surface area contributed by atoms with Crippen LogP contribution in [0.4, 0.5) is 0 Å². The number of H-pyrrole nitrogens is 1. The van der Waals surface area contributed by atoms with Crippen molar-refractivity contribution < 1.29 is 0 Å². The number of nitrogens with zero attached hydrogens (tertiary/aromatic N) is 2. The Bertz CT molecular complexity index is 462. The normalized spacial score (nSPS) is 10.0. The summed E-state index contributed by atoms with van der Waals surface area (Å²) in [7, 11) is 0. The minimum atomic E-state index is 0.679. The first-order valence-electron chi connectivity index (χ1n) is 3.65. The average Bonchev–Trinajstić information content (AvgIpc) is 2.50. The second kappa shape index (κ2) is 2.35. The van der Waals surface area contributed by atoms with Crippen LogP contribution in [0.1, 0.15) is 11.1 Å². The van der Waals surface area contributed by atoms with E-state index in [1.54, 1.807) is 6.20 Å². The van der Waals surface area contributed by atoms with Crippen molar-refractivity contribution in [3.63, 3.8) is 0 Å². The van der Waals surface area contributed by atoms with Gasteiger partial charge in [-0.1, -0.05) is 0 Å². The molecule has 1 heterocycles. The van der Waals surface area contributed by atoms with Crippen molar-refractivity contribution in [2.75, 3.05) is 0 Å². The van der Waals surface area contributed by atoms with Gasteiger partial charge in [-0.15, -0.1) is 0 Å². The van der Waals surface area contributed by atoms with Crippen LogP contribution >= 0.6 is 0 Å². The summed E-state index contributed by atoms with van der Waals surface area (Å²) in [4.78, 5) is 0. The van der Waals surface area contributed by atoms with Crippen LogP contribution in [0.5, 0.6) is 0 Å². The van der Waals surface area contributed by atoms with Gasteiger partial charge < -0.3 is 0 Å². The number of nitrogens with one attached hydrogen (secondary N) is 1. The minimum absolute atomic E-state index is 0.679. The van der Waals surface area contributed by atoms with Gasteiger partial charge in [-0.05, 0) is 24.6 Å². The summed E-state index contributed by atoms with van der Waals surface area (Å²) >= 11 is 0. The summed E-state index contributed by atoms with van der Waals surface area (Å²) in [6, 6.07) is 5.97. The maximum atomic E-state index is 8.79. The van der Waals surface area contributed by atoms with E-state index in [9.17, 15) is 0 Å². The smallest absolute Gasteiger partial charge is 0.0999 e. The van der Waals surface area contributed by atoms with E-state index in [-0.39, 0.29) is 0 Å². The van der Waals surface area contributed by atoms with Crippen LogP contribution in [-0.4, -0.2) is 10.2 Å². The van der Waals surface area contributed by atoms with Gasteiger partial charge in [0, 0.05) is 5.39 Å². The molecule has 58 valence electrons. The third-order valence-corrected chi connectivity index (χ3v) is 1.82. The number of aromatic amines is 1. The molecule has 0 aliphatic rings. The van der Waals surface area contributed by atoms with Crippen molar-refractivity contribution in [2.45, 2.75) is 6.92 Å². The topological polar surface area (TPSA) is 52.5 Å². The fourth-order valence-electron chi connectivity index (χ4n) is 1.29. The predicted molar refractivity (Wildman–Crippen MR) is 45.5 cm³/mol. The van der Waals surface area contributed by atoms with Gasteiger partial charge in [0.25, 0.3) is 0 Å². The number of aryl methyl sites for hydroxylation is 1. The molecule has 0 aliphatic heterocycles. The van der Waals surface area contributed by atoms with E-state index in [0.717, 1.165) is 16.5 Å². The molecule has 0 spiro atoms. The number of benzene rings is 1. The summed E-state index contributed by atoms with van der Waals surface area (Å²) in [5.41, 5.74) is 2.67. The van der Waals surface area contributed by atoms with Crippen LogP contribution in [0.2, 0.25) is 0 Å². The van der Waals surface area contributed by atoms with Crippen molar-refractivity contribution in [3.8, 4) is 6.07 Å². The highest BCUT2D eigenvalue weighted by atomic mass is 15.1. The molecule has 3 heteroatoms. The van der Waals surface area contributed by atoms with E-state index in [0.29, 0.717) is 5.56 Å². The number of aromatic nitrogens is 2. The Balaban J connectivity index is 2.91. The van der Waals surface area contributed by atoms with Gasteiger partial charge in [0.15, 0.2) is 0 Å². The Morgan fingerprint density at radius 1 is 1.50 bits per heavy atom. The molecule has 2 aromatic rings. The fraction of sp³-hybridized carbons (Fsp3) is 0.111. The first-order valence-corrected chi connectivity index (χ1v) is 3.65. The van der Waals surface area contributed by atoms with Crippen molar-refractivity contribution >= 4 is 10.9 Å². The van der Waals surface area contributed by atoms with Crippen LogP contribution in [0.3, 0.4) is 0 Å². The van der Waals surface area contributed by atoms with E-state index in [4.69, 9.17) is 5.26 Å². The van der Waals surface area contributed by atoms with Gasteiger partial charge >= 0.3 is 0 Å². The van der Waals surface area contributed by atoms with Crippen LogP contribution < -0.4 is 0 Å². The number of rotatable bonds is 0. The zero-order chi connectivity index (χ0) is 8.55. The molecule has 0 saturated heterocycles. The van der Waals surface area contributed by atoms with E-state index in [2.05, 4.69) is 16.3 Å². The van der Waals surface area contributed by atoms with Crippen LogP contribution in [0.25, 0.3) is 10.9 Å². The van der Waals surface area contributed by atoms with Crippen LogP contribution in [-0.2, 0) is 0 Å². The van der Waals surface area contributed by atoms with Crippen molar-refractivity contribution in [2.24, 2.45) is 0 Å². The Morgan fingerprint density at radius 3 is 3.08 bits per heavy atom. The molecule has 0 fully saturated rings. The first kappa shape index (κ1) is 6.86. The molecule has 1 aromatic heterocycles. The number of hydrogen-bond acceptors (Lipinski definition) is 2. The van der Waals surface area contributed by atoms with Crippen LogP contribution in [0, 0.1) is 18.3 Å². The first-order chi connectivity index (χ1) is 5.81. The molecular weight excluding hydrogens is 150 g/mol. The lowest BCUT2D eigenvalue weighted by Crippen LogP contribution is -1.79. The van der Waals surface area contributed by atoms with Gasteiger partial charge in [-0.3, -0.25) is 5.10 Å². The zero-order valence-electron chi connectivity index (χ0n) is 6.63. The SMILES string of the molecule is Cc1cc(C#N)c2cn[nH]c2c1. The molecule has 0 amide bonds. The predicted octanol–water partition coefficient (Wildman–Crippen LogP) is 1.74. The molecule has 2 rings (SSSR count). The summed E-state index contributed by atoms with van der Waals surface area (Å²) in [6.07, 6.45) is 1.67. The summed E-state index contributed by atoms with van der Waals surface area (Å²) in [5, 5.41) is 16.4. The lowest BCUT2D eigenvalue weighted by Gasteiger charge is -1.94. The highest BCUT2D eigenvalue weighted by Gasteiger charge is 2.02. The largest absolute Gasteiger partial charge is 0.278 e. The van der Waals surface area contributed by atoms with Gasteiger partial charge in [0.05, 0.1) is 23.3 Å². The highest BCUT2D eigenvalue weighted by molar-refractivity contribution is 5.84. The Labute approximate surface area is 69.6 Å². The molecule has 3 nitrogen and oxygen atoms in total. The molecule has 0 bridgehead atoms. The molecule has 12 heavy (non-hydrogen) atoms. The van der Waals surface area contributed by atoms with Gasteiger partial charge in [0.2, 0.25) is 0 Å². The zero-order valence-corrected chi connectivity index (χ0v) is 6.63.